The second kappa shape index (κ2) is 90.9. The largest absolute Gasteiger partial charge is 1.00 e. The standard InChI is InChI=1S/3ClH.2H2O.Re/h3*1H;2*1H2;/p-3. The van der Waals surface area contributed by atoms with Gasteiger partial charge < -0.3 is 48.2 Å². The van der Waals surface area contributed by atoms with Crippen LogP contribution in [0.4, 0.5) is 0 Å². The van der Waals surface area contributed by atoms with Crippen LogP contribution >= 0.6 is 0 Å². The van der Waals surface area contributed by atoms with Gasteiger partial charge >= 0.3 is 0 Å². The van der Waals surface area contributed by atoms with Crippen molar-refractivity contribution in [2.45, 2.75) is 0 Å². The Morgan fingerprint density at radius 1 is 0.500 bits per heavy atom. The quantitative estimate of drug-likeness (QED) is 0.424. The van der Waals surface area contributed by atoms with Crippen LogP contribution in [0.15, 0.2) is 0 Å². The third-order valence-electron chi connectivity index (χ3n) is 0. The van der Waals surface area contributed by atoms with Crippen molar-refractivity contribution in [3.8, 4) is 0 Å². The molecule has 0 aromatic rings. The Kier molecular flexibility index (Phi) is 2230. The van der Waals surface area contributed by atoms with Gasteiger partial charge in [0.05, 0.1) is 0 Å². The number of halogens is 3. The average Bonchev–Trinajstić information content (AvgIpc) is 0. The van der Waals surface area contributed by atoms with Gasteiger partial charge in [-0.15, -0.1) is 0 Å². The summed E-state index contributed by atoms with van der Waals surface area (Å²) in [7, 11) is 0. The van der Waals surface area contributed by atoms with Crippen LogP contribution in [0, 0.1) is 0 Å². The molecule has 0 saturated carbocycles. The second-order valence-electron chi connectivity index (χ2n) is 0. The maximum atomic E-state index is 0. The van der Waals surface area contributed by atoms with Crippen molar-refractivity contribution in [2.75, 3.05) is 0 Å². The molecule has 0 aliphatic heterocycles. The van der Waals surface area contributed by atoms with Gasteiger partial charge in [0.2, 0.25) is 0 Å². The first-order chi connectivity index (χ1) is 0. The van der Waals surface area contributed by atoms with Crippen LogP contribution in [0.1, 0.15) is 0 Å². The molecule has 0 rings (SSSR count). The topological polar surface area (TPSA) is 63.0 Å². The summed E-state index contributed by atoms with van der Waals surface area (Å²) < 4.78 is 0. The molecule has 0 bridgehead atoms. The summed E-state index contributed by atoms with van der Waals surface area (Å²) in [5.74, 6) is 0. The molecule has 0 amide bonds. The third-order valence-corrected chi connectivity index (χ3v) is 0. The molecule has 6 heteroatoms. The van der Waals surface area contributed by atoms with Gasteiger partial charge in [0, 0.05) is 20.4 Å². The van der Waals surface area contributed by atoms with Crippen LogP contribution in [0.5, 0.6) is 0 Å². The van der Waals surface area contributed by atoms with E-state index < -0.39 is 0 Å². The molecule has 0 aliphatic rings. The maximum absolute atomic E-state index is 0. The molecule has 0 aromatic heterocycles. The summed E-state index contributed by atoms with van der Waals surface area (Å²) in [5.41, 5.74) is 0. The molecule has 2 nitrogen and oxygen atoms in total. The number of hydrogen-bond acceptors (Lipinski definition) is 0. The van der Waals surface area contributed by atoms with Gasteiger partial charge in [-0.3, -0.25) is 0 Å². The summed E-state index contributed by atoms with van der Waals surface area (Å²) in [4.78, 5) is 0. The SMILES string of the molecule is O.O.[Cl-].[Cl-].[Cl-].[Re]. The Hall–Kier alpha value is 1.45. The monoisotopic (exact) mass is 328 g/mol. The Balaban J connectivity index is 0. The molecule has 47 valence electrons. The fourth-order valence-electron chi connectivity index (χ4n) is 0. The Labute approximate surface area is 68.6 Å². The van der Waals surface area contributed by atoms with Crippen molar-refractivity contribution < 1.29 is 68.6 Å². The first-order valence-electron chi connectivity index (χ1n) is 0. The van der Waals surface area contributed by atoms with Crippen LogP contribution in [0.3, 0.4) is 0 Å². The Morgan fingerprint density at radius 2 is 0.500 bits per heavy atom. The zero-order chi connectivity index (χ0) is 0. The molecule has 0 heterocycles. The fourth-order valence-corrected chi connectivity index (χ4v) is 0. The zero-order valence-corrected chi connectivity index (χ0v) is 7.50. The van der Waals surface area contributed by atoms with Gasteiger partial charge in [-0.2, -0.15) is 0 Å². The minimum atomic E-state index is 0. The summed E-state index contributed by atoms with van der Waals surface area (Å²) in [6.45, 7) is 0. The van der Waals surface area contributed by atoms with Gasteiger partial charge in [-0.25, -0.2) is 0 Å². The first-order valence-corrected chi connectivity index (χ1v) is 0. The Morgan fingerprint density at radius 3 is 0.500 bits per heavy atom. The van der Waals surface area contributed by atoms with Gasteiger partial charge in [0.25, 0.3) is 0 Å². The van der Waals surface area contributed by atoms with Crippen molar-refractivity contribution in [3.63, 3.8) is 0 Å². The van der Waals surface area contributed by atoms with Gasteiger partial charge in [-0.1, -0.05) is 0 Å². The fraction of sp³-hybridized carbons (Fsp3) is 0. The van der Waals surface area contributed by atoms with Crippen molar-refractivity contribution in [1.82, 2.24) is 0 Å². The minimum Gasteiger partial charge on any atom is -1.00 e. The first kappa shape index (κ1) is 147. The molecule has 1 radical (unpaired) electrons. The van der Waals surface area contributed by atoms with E-state index in [2.05, 4.69) is 0 Å². The molecule has 0 atom stereocenters. The molecular weight excluding hydrogens is 325 g/mol. The minimum absolute atomic E-state index is 0. The van der Waals surface area contributed by atoms with E-state index in [0.29, 0.717) is 0 Å². The summed E-state index contributed by atoms with van der Waals surface area (Å²) in [6.07, 6.45) is 0. The third kappa shape index (κ3) is 51.2. The van der Waals surface area contributed by atoms with E-state index in [4.69, 9.17) is 0 Å². The predicted molar refractivity (Wildman–Crippen MR) is 7.23 cm³/mol. The maximum Gasteiger partial charge on any atom is 0 e. The Bertz CT molecular complexity index is 8.75. The molecule has 0 fully saturated rings. The smallest absolute Gasteiger partial charge is 0 e. The number of rotatable bonds is 0. The molecule has 0 unspecified atom stereocenters. The van der Waals surface area contributed by atoms with Crippen LogP contribution in [0.2, 0.25) is 0 Å². The molecular formula is H4Cl3O2Re-3. The van der Waals surface area contributed by atoms with Crippen molar-refractivity contribution in [2.24, 2.45) is 0 Å². The number of hydrogen-bond donors (Lipinski definition) is 0. The van der Waals surface area contributed by atoms with Gasteiger partial charge in [-0.05, 0) is 0 Å². The molecule has 6 heavy (non-hydrogen) atoms. The zero-order valence-electron chi connectivity index (χ0n) is 2.51. The van der Waals surface area contributed by atoms with E-state index in [0.717, 1.165) is 0 Å². The molecule has 0 spiro atoms. The predicted octanol–water partition coefficient (Wildman–Crippen LogP) is -10.6. The van der Waals surface area contributed by atoms with Crippen LogP contribution < -0.4 is 37.2 Å². The van der Waals surface area contributed by atoms with E-state index in [1.165, 1.54) is 0 Å². The van der Waals surface area contributed by atoms with Gasteiger partial charge in [0.1, 0.15) is 0 Å². The van der Waals surface area contributed by atoms with Gasteiger partial charge in [0.15, 0.2) is 0 Å². The molecule has 0 aliphatic carbocycles. The van der Waals surface area contributed by atoms with Crippen LogP contribution in [-0.4, -0.2) is 11.0 Å². The van der Waals surface area contributed by atoms with E-state index in [1.807, 2.05) is 0 Å². The van der Waals surface area contributed by atoms with Crippen LogP contribution in [-0.2, 0) is 20.4 Å². The summed E-state index contributed by atoms with van der Waals surface area (Å²) in [5, 5.41) is 0. The van der Waals surface area contributed by atoms with Crippen molar-refractivity contribution >= 4 is 0 Å². The molecule has 0 saturated heterocycles. The van der Waals surface area contributed by atoms with Crippen molar-refractivity contribution in [3.05, 3.63) is 0 Å². The van der Waals surface area contributed by atoms with Crippen LogP contribution in [0.25, 0.3) is 0 Å². The van der Waals surface area contributed by atoms with E-state index in [-0.39, 0.29) is 68.6 Å². The molecule has 4 N–H and O–H groups in total. The molecule has 0 aromatic carbocycles. The second-order valence-corrected chi connectivity index (χ2v) is 0. The van der Waals surface area contributed by atoms with Crippen molar-refractivity contribution in [1.29, 1.82) is 0 Å². The van der Waals surface area contributed by atoms with E-state index in [9.17, 15) is 0 Å². The summed E-state index contributed by atoms with van der Waals surface area (Å²) >= 11 is 0. The van der Waals surface area contributed by atoms with E-state index in [1.54, 1.807) is 0 Å². The summed E-state index contributed by atoms with van der Waals surface area (Å²) in [6, 6.07) is 0. The average molecular weight is 329 g/mol. The normalized spacial score (nSPS) is 0. The van der Waals surface area contributed by atoms with E-state index >= 15 is 0 Å².